The Kier molecular flexibility index (Phi) is 4.48. The first-order chi connectivity index (χ1) is 11.4. The minimum absolute atomic E-state index is 0.151. The highest BCUT2D eigenvalue weighted by Gasteiger charge is 2.34. The van der Waals surface area contributed by atoms with Gasteiger partial charge in [0.25, 0.3) is 5.56 Å². The third kappa shape index (κ3) is 3.37. The minimum Gasteiger partial charge on any atom is -0.352 e. The van der Waals surface area contributed by atoms with Gasteiger partial charge in [-0.15, -0.1) is 11.3 Å². The van der Waals surface area contributed by atoms with Crippen LogP contribution in [-0.2, 0) is 12.7 Å². The second-order valence-electron chi connectivity index (χ2n) is 5.33. The number of nitrogens with zero attached hydrogens (tertiary/aromatic N) is 5. The van der Waals surface area contributed by atoms with Crippen LogP contribution in [0.1, 0.15) is 12.6 Å². The van der Waals surface area contributed by atoms with Crippen LogP contribution in [-0.4, -0.2) is 40.9 Å². The summed E-state index contributed by atoms with van der Waals surface area (Å²) in [7, 11) is 0. The van der Waals surface area contributed by atoms with Crippen molar-refractivity contribution in [1.29, 1.82) is 0 Å². The molecule has 0 aromatic carbocycles. The van der Waals surface area contributed by atoms with Crippen LogP contribution in [0.5, 0.6) is 0 Å². The van der Waals surface area contributed by atoms with Crippen LogP contribution >= 0.6 is 11.3 Å². The fourth-order valence-corrected chi connectivity index (χ4v) is 3.39. The van der Waals surface area contributed by atoms with E-state index in [9.17, 15) is 18.0 Å². The van der Waals surface area contributed by atoms with E-state index in [0.717, 1.165) is 16.7 Å². The molecule has 0 saturated carbocycles. The molecule has 0 aliphatic carbocycles. The van der Waals surface area contributed by atoms with Gasteiger partial charge in [-0.25, -0.2) is 9.67 Å². The molecule has 0 N–H and O–H groups in total. The normalized spacial score (nSPS) is 15.8. The van der Waals surface area contributed by atoms with E-state index >= 15 is 0 Å². The monoisotopic (exact) mass is 359 g/mol. The van der Waals surface area contributed by atoms with Gasteiger partial charge in [-0.05, 0) is 13.0 Å². The fourth-order valence-electron chi connectivity index (χ4n) is 2.50. The van der Waals surface area contributed by atoms with Crippen molar-refractivity contribution in [1.82, 2.24) is 14.8 Å². The number of hydrogen-bond acceptors (Lipinski definition) is 6. The van der Waals surface area contributed by atoms with Crippen LogP contribution in [0.4, 0.5) is 24.1 Å². The number of thiazole rings is 1. The van der Waals surface area contributed by atoms with E-state index in [4.69, 9.17) is 0 Å². The summed E-state index contributed by atoms with van der Waals surface area (Å²) in [5.41, 5.74) is -0.996. The predicted octanol–water partition coefficient (Wildman–Crippen LogP) is 2.07. The van der Waals surface area contributed by atoms with Gasteiger partial charge in [0.1, 0.15) is 5.82 Å². The lowest BCUT2D eigenvalue weighted by molar-refractivity contribution is -0.140. The fraction of sp³-hybridized carbons (Fsp3) is 0.500. The lowest BCUT2D eigenvalue weighted by atomic mass is 10.3. The summed E-state index contributed by atoms with van der Waals surface area (Å²) in [6, 6.07) is 3.16. The van der Waals surface area contributed by atoms with E-state index in [0.29, 0.717) is 43.7 Å². The molecule has 0 bridgehead atoms. The van der Waals surface area contributed by atoms with Gasteiger partial charge in [0, 0.05) is 44.2 Å². The highest BCUT2D eigenvalue weighted by Crippen LogP contribution is 2.33. The van der Waals surface area contributed by atoms with Gasteiger partial charge in [0.05, 0.1) is 0 Å². The summed E-state index contributed by atoms with van der Waals surface area (Å²) in [6.07, 6.45) is -4.41. The predicted molar refractivity (Wildman–Crippen MR) is 85.7 cm³/mol. The zero-order valence-electron chi connectivity index (χ0n) is 13.0. The summed E-state index contributed by atoms with van der Waals surface area (Å²) in [6.45, 7) is 4.66. The van der Waals surface area contributed by atoms with Crippen molar-refractivity contribution in [3.8, 4) is 0 Å². The number of halogens is 3. The minimum atomic E-state index is -4.41. The number of anilines is 2. The summed E-state index contributed by atoms with van der Waals surface area (Å²) in [5.74, 6) is 0.700. The lowest BCUT2D eigenvalue weighted by Gasteiger charge is -2.35. The van der Waals surface area contributed by atoms with Crippen molar-refractivity contribution in [2.45, 2.75) is 19.6 Å². The Hall–Kier alpha value is -2.10. The Bertz CT molecular complexity index is 764. The average Bonchev–Trinajstić information content (AvgIpc) is 3.06. The molecule has 0 atom stereocenters. The highest BCUT2D eigenvalue weighted by atomic mass is 32.1. The smallest absolute Gasteiger partial charge is 0.352 e. The maximum atomic E-state index is 12.6. The summed E-state index contributed by atoms with van der Waals surface area (Å²) in [4.78, 5) is 19.1. The topological polar surface area (TPSA) is 54.3 Å². The Morgan fingerprint density at radius 3 is 2.42 bits per heavy atom. The van der Waals surface area contributed by atoms with E-state index in [2.05, 4.69) is 10.1 Å². The van der Waals surface area contributed by atoms with Gasteiger partial charge < -0.3 is 9.80 Å². The molecule has 6 nitrogen and oxygen atoms in total. The van der Waals surface area contributed by atoms with Crippen molar-refractivity contribution >= 4 is 22.3 Å². The molecule has 2 aromatic rings. The van der Waals surface area contributed by atoms with Gasteiger partial charge in [-0.1, -0.05) is 0 Å². The molecule has 0 spiro atoms. The third-order valence-corrected chi connectivity index (χ3v) is 4.71. The Morgan fingerprint density at radius 1 is 1.17 bits per heavy atom. The first kappa shape index (κ1) is 16.7. The molecule has 1 aliphatic heterocycles. The van der Waals surface area contributed by atoms with Gasteiger partial charge >= 0.3 is 6.18 Å². The number of hydrogen-bond donors (Lipinski definition) is 0. The van der Waals surface area contributed by atoms with Crippen LogP contribution in [0.3, 0.4) is 0 Å². The Balaban J connectivity index is 1.67. The molecule has 1 saturated heterocycles. The molecule has 3 heterocycles. The molecule has 0 unspecified atom stereocenters. The molecular formula is C14H16F3N5OS. The molecule has 130 valence electrons. The SMILES string of the molecule is CCn1nc(N2CCN(c3nc(C(F)(F)F)cs3)CC2)ccc1=O. The van der Waals surface area contributed by atoms with Crippen molar-refractivity contribution in [2.75, 3.05) is 36.0 Å². The van der Waals surface area contributed by atoms with Crippen LogP contribution in [0.2, 0.25) is 0 Å². The van der Waals surface area contributed by atoms with E-state index in [1.54, 1.807) is 6.07 Å². The van der Waals surface area contributed by atoms with Crippen molar-refractivity contribution in [2.24, 2.45) is 0 Å². The Morgan fingerprint density at radius 2 is 1.83 bits per heavy atom. The van der Waals surface area contributed by atoms with Gasteiger partial charge in [-0.2, -0.15) is 18.3 Å². The van der Waals surface area contributed by atoms with E-state index in [-0.39, 0.29) is 5.56 Å². The average molecular weight is 359 g/mol. The molecule has 10 heteroatoms. The number of rotatable bonds is 3. The number of aryl methyl sites for hydroxylation is 1. The lowest BCUT2D eigenvalue weighted by Crippen LogP contribution is -2.47. The van der Waals surface area contributed by atoms with Crippen LogP contribution in [0, 0.1) is 0 Å². The molecule has 3 rings (SSSR count). The van der Waals surface area contributed by atoms with Crippen molar-refractivity contribution in [3.05, 3.63) is 33.6 Å². The second-order valence-corrected chi connectivity index (χ2v) is 6.17. The van der Waals surface area contributed by atoms with Gasteiger partial charge in [0.2, 0.25) is 0 Å². The first-order valence-corrected chi connectivity index (χ1v) is 8.37. The molecule has 2 aromatic heterocycles. The van der Waals surface area contributed by atoms with Crippen LogP contribution in [0.25, 0.3) is 0 Å². The summed E-state index contributed by atoms with van der Waals surface area (Å²) >= 11 is 1.00. The first-order valence-electron chi connectivity index (χ1n) is 7.49. The molecule has 1 fully saturated rings. The number of alkyl halides is 3. The van der Waals surface area contributed by atoms with E-state index in [1.165, 1.54) is 10.7 Å². The van der Waals surface area contributed by atoms with Crippen molar-refractivity contribution < 1.29 is 13.2 Å². The van der Waals surface area contributed by atoms with E-state index in [1.807, 2.05) is 16.7 Å². The van der Waals surface area contributed by atoms with Gasteiger partial charge in [0.15, 0.2) is 10.8 Å². The molecule has 0 amide bonds. The molecule has 24 heavy (non-hydrogen) atoms. The number of aromatic nitrogens is 3. The van der Waals surface area contributed by atoms with Gasteiger partial charge in [-0.3, -0.25) is 4.79 Å². The zero-order chi connectivity index (χ0) is 17.3. The van der Waals surface area contributed by atoms with Crippen molar-refractivity contribution in [3.63, 3.8) is 0 Å². The van der Waals surface area contributed by atoms with E-state index < -0.39 is 11.9 Å². The Labute approximate surface area is 140 Å². The van der Waals surface area contributed by atoms with Crippen LogP contribution < -0.4 is 15.4 Å². The van der Waals surface area contributed by atoms with Crippen LogP contribution in [0.15, 0.2) is 22.3 Å². The highest BCUT2D eigenvalue weighted by molar-refractivity contribution is 7.13. The second kappa shape index (κ2) is 6.42. The third-order valence-electron chi connectivity index (χ3n) is 3.81. The maximum Gasteiger partial charge on any atom is 0.434 e. The quantitative estimate of drug-likeness (QED) is 0.840. The summed E-state index contributed by atoms with van der Waals surface area (Å²) in [5, 5.41) is 5.72. The molecule has 1 aliphatic rings. The maximum absolute atomic E-state index is 12.6. The zero-order valence-corrected chi connectivity index (χ0v) is 13.8. The standard InChI is InChI=1S/C14H16F3N5OS/c1-2-22-12(23)4-3-11(19-22)20-5-7-21(8-6-20)13-18-10(9-24-13)14(15,16)17/h3-4,9H,2,5-8H2,1H3. The number of piperazine rings is 1. The molecular weight excluding hydrogens is 343 g/mol. The largest absolute Gasteiger partial charge is 0.434 e. The molecule has 0 radical (unpaired) electrons. The summed E-state index contributed by atoms with van der Waals surface area (Å²) < 4.78 is 39.3.